The number of alkyl halides is 3. The lowest BCUT2D eigenvalue weighted by atomic mass is 10.2. The van der Waals surface area contributed by atoms with Gasteiger partial charge in [-0.3, -0.25) is 4.79 Å². The number of thiocarbonyl (C=S) groups is 1. The van der Waals surface area contributed by atoms with Crippen molar-refractivity contribution in [3.05, 3.63) is 0 Å². The van der Waals surface area contributed by atoms with Crippen molar-refractivity contribution in [2.24, 2.45) is 0 Å². The lowest BCUT2D eigenvalue weighted by molar-refractivity contribution is -0.169. The van der Waals surface area contributed by atoms with Gasteiger partial charge in [-0.1, -0.05) is 12.2 Å². The molecule has 0 aliphatic carbocycles. The predicted molar refractivity (Wildman–Crippen MR) is 34.0 cm³/mol. The fourth-order valence-corrected chi connectivity index (χ4v) is 0.457. The Balaban J connectivity index is 3.99. The summed E-state index contributed by atoms with van der Waals surface area (Å²) >= 11 is 4.32. The molecule has 0 aromatic rings. The van der Waals surface area contributed by atoms with Crippen LogP contribution >= 0.6 is 12.2 Å². The third-order valence-electron chi connectivity index (χ3n) is 0.726. The van der Waals surface area contributed by atoms with E-state index in [0.717, 1.165) is 0 Å². The third kappa shape index (κ3) is 3.55. The first-order chi connectivity index (χ1) is 4.34. The minimum Gasteiger partial charge on any atom is -0.289 e. The first-order valence-electron chi connectivity index (χ1n) is 2.43. The van der Waals surface area contributed by atoms with E-state index in [2.05, 4.69) is 12.2 Å². The van der Waals surface area contributed by atoms with Crippen molar-refractivity contribution in [3.8, 4) is 0 Å². The molecule has 0 amide bonds. The van der Waals surface area contributed by atoms with Gasteiger partial charge < -0.3 is 0 Å². The molecule has 0 radical (unpaired) electrons. The van der Waals surface area contributed by atoms with Crippen LogP contribution in [0.4, 0.5) is 13.2 Å². The van der Waals surface area contributed by atoms with Crippen LogP contribution in [0.5, 0.6) is 0 Å². The van der Waals surface area contributed by atoms with Crippen molar-refractivity contribution < 1.29 is 18.0 Å². The summed E-state index contributed by atoms with van der Waals surface area (Å²) in [6.45, 7) is 1.30. The second-order valence-corrected chi connectivity index (χ2v) is 2.50. The van der Waals surface area contributed by atoms with Crippen molar-refractivity contribution in [2.45, 2.75) is 19.5 Å². The highest BCUT2D eigenvalue weighted by Gasteiger charge is 2.37. The summed E-state index contributed by atoms with van der Waals surface area (Å²) in [6.07, 6.45) is -5.42. The van der Waals surface area contributed by atoms with Crippen LogP contribution in [0.15, 0.2) is 0 Å². The summed E-state index contributed by atoms with van der Waals surface area (Å²) in [6, 6.07) is 0. The molecule has 0 aromatic heterocycles. The van der Waals surface area contributed by atoms with Crippen LogP contribution in [-0.4, -0.2) is 16.8 Å². The van der Waals surface area contributed by atoms with Gasteiger partial charge in [-0.05, 0) is 11.8 Å². The van der Waals surface area contributed by atoms with Crippen molar-refractivity contribution in [3.63, 3.8) is 0 Å². The molecule has 0 unspecified atom stereocenters. The smallest absolute Gasteiger partial charge is 0.289 e. The molecule has 5 heteroatoms. The first-order valence-corrected chi connectivity index (χ1v) is 2.84. The van der Waals surface area contributed by atoms with E-state index in [9.17, 15) is 18.0 Å². The van der Waals surface area contributed by atoms with Gasteiger partial charge in [0.25, 0.3) is 0 Å². The zero-order valence-electron chi connectivity index (χ0n) is 5.16. The molecule has 0 fully saturated rings. The Morgan fingerprint density at radius 3 is 2.00 bits per heavy atom. The van der Waals surface area contributed by atoms with E-state index in [1.54, 1.807) is 0 Å². The lowest BCUT2D eigenvalue weighted by Crippen LogP contribution is -2.23. The molecule has 1 nitrogen and oxygen atoms in total. The number of Topliss-reactive ketones (excluding diaryl/α,β-unsaturated/α-hetero) is 1. The van der Waals surface area contributed by atoms with Crippen LogP contribution in [-0.2, 0) is 4.79 Å². The lowest BCUT2D eigenvalue weighted by Gasteiger charge is -2.02. The summed E-state index contributed by atoms with van der Waals surface area (Å²) in [5.41, 5.74) is 0. The van der Waals surface area contributed by atoms with Gasteiger partial charge in [-0.25, -0.2) is 0 Å². The summed E-state index contributed by atoms with van der Waals surface area (Å²) < 4.78 is 34.2. The van der Waals surface area contributed by atoms with Gasteiger partial charge in [-0.15, -0.1) is 0 Å². The summed E-state index contributed by atoms with van der Waals surface area (Å²) in [5.74, 6) is -1.78. The Hall–Kier alpha value is -0.450. The van der Waals surface area contributed by atoms with E-state index in [0.29, 0.717) is 0 Å². The minimum absolute atomic E-state index is 0.0577. The molecule has 0 atom stereocenters. The normalized spacial score (nSPS) is 11.2. The van der Waals surface area contributed by atoms with Gasteiger partial charge in [0.1, 0.15) is 0 Å². The van der Waals surface area contributed by atoms with Gasteiger partial charge >= 0.3 is 6.18 Å². The maximum absolute atomic E-state index is 11.4. The molecule has 0 saturated heterocycles. The molecule has 0 aromatic carbocycles. The second kappa shape index (κ2) is 3.09. The van der Waals surface area contributed by atoms with Crippen molar-refractivity contribution in [1.82, 2.24) is 0 Å². The van der Waals surface area contributed by atoms with Gasteiger partial charge in [0.05, 0.1) is 0 Å². The van der Waals surface area contributed by atoms with Gasteiger partial charge in [-0.2, -0.15) is 13.2 Å². The molecular weight excluding hydrogens is 165 g/mol. The highest BCUT2D eigenvalue weighted by atomic mass is 32.1. The molecule has 0 bridgehead atoms. The molecule has 0 N–H and O–H groups in total. The molecule has 10 heavy (non-hydrogen) atoms. The third-order valence-corrected chi connectivity index (χ3v) is 0.870. The fourth-order valence-electron chi connectivity index (χ4n) is 0.326. The fraction of sp³-hybridized carbons (Fsp3) is 0.600. The monoisotopic (exact) mass is 170 g/mol. The van der Waals surface area contributed by atoms with E-state index in [1.165, 1.54) is 6.92 Å². The number of carbonyl (C=O) groups is 1. The highest BCUT2D eigenvalue weighted by molar-refractivity contribution is 7.80. The predicted octanol–water partition coefficient (Wildman–Crippen LogP) is 1.90. The highest BCUT2D eigenvalue weighted by Crippen LogP contribution is 2.17. The van der Waals surface area contributed by atoms with Crippen LogP contribution < -0.4 is 0 Å². The molecule has 0 aliphatic heterocycles. The summed E-state index contributed by atoms with van der Waals surface area (Å²) in [4.78, 5) is 10.1. The van der Waals surface area contributed by atoms with E-state index in [1.807, 2.05) is 0 Å². The van der Waals surface area contributed by atoms with Crippen molar-refractivity contribution in [1.29, 1.82) is 0 Å². The maximum atomic E-state index is 11.4. The number of ketones is 1. The van der Waals surface area contributed by atoms with E-state index < -0.39 is 18.4 Å². The van der Waals surface area contributed by atoms with Gasteiger partial charge in [0.15, 0.2) is 0 Å². The standard InChI is InChI=1S/C5H5F3OS/c1-3(10)2-4(9)5(6,7)8/h2H2,1H3. The van der Waals surface area contributed by atoms with Crippen LogP contribution in [0.2, 0.25) is 0 Å². The SMILES string of the molecule is CC(=S)CC(=O)C(F)(F)F. The Kier molecular flexibility index (Phi) is 2.96. The topological polar surface area (TPSA) is 17.1 Å². The van der Waals surface area contributed by atoms with Crippen LogP contribution in [0.1, 0.15) is 13.3 Å². The molecule has 0 rings (SSSR count). The number of hydrogen-bond donors (Lipinski definition) is 0. The molecular formula is C5H5F3OS. The zero-order chi connectivity index (χ0) is 8.36. The summed E-state index contributed by atoms with van der Waals surface area (Å²) in [7, 11) is 0. The molecule has 0 aliphatic rings. The minimum atomic E-state index is -4.74. The Labute approximate surface area is 61.2 Å². The Morgan fingerprint density at radius 2 is 1.90 bits per heavy atom. The van der Waals surface area contributed by atoms with E-state index >= 15 is 0 Å². The molecule has 0 spiro atoms. The number of rotatable bonds is 2. The number of carbonyl (C=O) groups excluding carboxylic acids is 1. The number of hydrogen-bond acceptors (Lipinski definition) is 2. The van der Waals surface area contributed by atoms with Crippen molar-refractivity contribution >= 4 is 22.9 Å². The Morgan fingerprint density at radius 1 is 1.50 bits per heavy atom. The quantitative estimate of drug-likeness (QED) is 0.589. The van der Waals surface area contributed by atoms with Crippen LogP contribution in [0.3, 0.4) is 0 Å². The van der Waals surface area contributed by atoms with Crippen LogP contribution in [0.25, 0.3) is 0 Å². The molecule has 58 valence electrons. The average Bonchev–Trinajstić information content (AvgIpc) is 1.60. The average molecular weight is 170 g/mol. The van der Waals surface area contributed by atoms with Gasteiger partial charge in [0.2, 0.25) is 5.78 Å². The molecule has 0 heterocycles. The van der Waals surface area contributed by atoms with Crippen molar-refractivity contribution in [2.75, 3.05) is 0 Å². The number of halogens is 3. The maximum Gasteiger partial charge on any atom is 0.450 e. The van der Waals surface area contributed by atoms with Gasteiger partial charge in [0, 0.05) is 6.42 Å². The molecule has 0 saturated carbocycles. The largest absolute Gasteiger partial charge is 0.450 e. The summed E-state index contributed by atoms with van der Waals surface area (Å²) in [5, 5.41) is 0. The van der Waals surface area contributed by atoms with E-state index in [4.69, 9.17) is 0 Å². The Bertz CT molecular complexity index is 161. The first kappa shape index (κ1) is 9.55. The zero-order valence-corrected chi connectivity index (χ0v) is 5.97. The van der Waals surface area contributed by atoms with Crippen LogP contribution in [0, 0.1) is 0 Å². The second-order valence-electron chi connectivity index (χ2n) is 1.80. The van der Waals surface area contributed by atoms with E-state index in [-0.39, 0.29) is 4.86 Å².